The van der Waals surface area contributed by atoms with Crippen LogP contribution in [0.15, 0.2) is 18.2 Å². The highest BCUT2D eigenvalue weighted by Gasteiger charge is 2.28. The predicted molar refractivity (Wildman–Crippen MR) is 67.4 cm³/mol. The van der Waals surface area contributed by atoms with Crippen LogP contribution in [0.5, 0.6) is 0 Å². The van der Waals surface area contributed by atoms with Gasteiger partial charge in [0.2, 0.25) is 0 Å². The van der Waals surface area contributed by atoms with Gasteiger partial charge in [0.05, 0.1) is 0 Å². The van der Waals surface area contributed by atoms with Gasteiger partial charge in [0.1, 0.15) is 0 Å². The Bertz CT molecular complexity index is 411. The molecule has 1 aliphatic rings. The van der Waals surface area contributed by atoms with Crippen LogP contribution < -0.4 is 10.6 Å². The fourth-order valence-corrected chi connectivity index (χ4v) is 2.49. The first kappa shape index (κ1) is 13.4. The van der Waals surface area contributed by atoms with E-state index in [4.69, 9.17) is 0 Å². The zero-order valence-corrected chi connectivity index (χ0v) is 10.7. The lowest BCUT2D eigenvalue weighted by Gasteiger charge is -2.38. The third-order valence-electron chi connectivity index (χ3n) is 3.56. The molecule has 2 atom stereocenters. The van der Waals surface area contributed by atoms with Crippen molar-refractivity contribution in [2.24, 2.45) is 0 Å². The number of hydrogen-bond acceptors (Lipinski definition) is 3. The van der Waals surface area contributed by atoms with Crippen molar-refractivity contribution in [3.05, 3.63) is 35.4 Å². The molecule has 3 nitrogen and oxygen atoms in total. The van der Waals surface area contributed by atoms with Crippen molar-refractivity contribution in [1.29, 1.82) is 0 Å². The minimum Gasteiger partial charge on any atom is -0.314 e. The molecule has 18 heavy (non-hydrogen) atoms. The van der Waals surface area contributed by atoms with Crippen LogP contribution in [0.25, 0.3) is 0 Å². The molecule has 2 N–H and O–H groups in total. The Morgan fingerprint density at radius 3 is 2.78 bits per heavy atom. The van der Waals surface area contributed by atoms with E-state index in [0.29, 0.717) is 0 Å². The lowest BCUT2D eigenvalue weighted by atomic mass is 9.97. The smallest absolute Gasteiger partial charge is 0.159 e. The molecule has 0 bridgehead atoms. The molecule has 1 saturated heterocycles. The first-order valence-electron chi connectivity index (χ1n) is 6.16. The lowest BCUT2D eigenvalue weighted by Crippen LogP contribution is -2.54. The summed E-state index contributed by atoms with van der Waals surface area (Å²) >= 11 is 0. The second-order valence-corrected chi connectivity index (χ2v) is 4.69. The second kappa shape index (κ2) is 5.73. The minimum absolute atomic E-state index is 0.0158. The van der Waals surface area contributed by atoms with Gasteiger partial charge in [-0.3, -0.25) is 4.90 Å². The summed E-state index contributed by atoms with van der Waals surface area (Å²) < 4.78 is 26.3. The van der Waals surface area contributed by atoms with Gasteiger partial charge in [0.15, 0.2) is 11.6 Å². The maximum Gasteiger partial charge on any atom is 0.159 e. The minimum atomic E-state index is -0.802. The van der Waals surface area contributed by atoms with Gasteiger partial charge in [-0.1, -0.05) is 6.07 Å². The standard InChI is InChI=1S/C13H19F2N3/c1-16-13(12-8-17-5-6-18(12)2)9-3-4-10(14)11(15)7-9/h3-4,7,12-13,16-17H,5-6,8H2,1-2H3. The number of benzene rings is 1. The Morgan fingerprint density at radius 2 is 2.17 bits per heavy atom. The Morgan fingerprint density at radius 1 is 1.39 bits per heavy atom. The highest BCUT2D eigenvalue weighted by atomic mass is 19.2. The predicted octanol–water partition coefficient (Wildman–Crippen LogP) is 1.13. The summed E-state index contributed by atoms with van der Waals surface area (Å²) in [6.45, 7) is 2.74. The van der Waals surface area contributed by atoms with E-state index in [0.717, 1.165) is 25.2 Å². The molecule has 100 valence electrons. The van der Waals surface area contributed by atoms with E-state index in [-0.39, 0.29) is 12.1 Å². The summed E-state index contributed by atoms with van der Waals surface area (Å²) in [4.78, 5) is 2.24. The number of hydrogen-bond donors (Lipinski definition) is 2. The van der Waals surface area contributed by atoms with E-state index in [1.165, 1.54) is 12.1 Å². The Hall–Kier alpha value is -1.04. The van der Waals surface area contributed by atoms with Gasteiger partial charge in [-0.15, -0.1) is 0 Å². The van der Waals surface area contributed by atoms with Gasteiger partial charge in [-0.2, -0.15) is 0 Å². The molecule has 0 radical (unpaired) electrons. The summed E-state index contributed by atoms with van der Waals surface area (Å²) in [5.74, 6) is -1.59. The monoisotopic (exact) mass is 255 g/mol. The summed E-state index contributed by atoms with van der Waals surface area (Å²) in [5.41, 5.74) is 0.775. The molecular weight excluding hydrogens is 236 g/mol. The lowest BCUT2D eigenvalue weighted by molar-refractivity contribution is 0.161. The summed E-state index contributed by atoms with van der Waals surface area (Å²) in [7, 11) is 3.89. The fraction of sp³-hybridized carbons (Fsp3) is 0.538. The van der Waals surface area contributed by atoms with E-state index < -0.39 is 11.6 Å². The van der Waals surface area contributed by atoms with Crippen molar-refractivity contribution in [2.45, 2.75) is 12.1 Å². The number of piperazine rings is 1. The highest BCUT2D eigenvalue weighted by molar-refractivity contribution is 5.23. The number of rotatable bonds is 3. The molecule has 0 saturated carbocycles. The maximum absolute atomic E-state index is 13.3. The molecule has 0 aliphatic carbocycles. The molecule has 0 amide bonds. The van der Waals surface area contributed by atoms with Crippen molar-refractivity contribution < 1.29 is 8.78 Å². The van der Waals surface area contributed by atoms with Crippen LogP contribution in [0.1, 0.15) is 11.6 Å². The first-order valence-corrected chi connectivity index (χ1v) is 6.16. The van der Waals surface area contributed by atoms with Crippen molar-refractivity contribution in [1.82, 2.24) is 15.5 Å². The molecule has 1 aromatic carbocycles. The molecule has 1 heterocycles. The average molecular weight is 255 g/mol. The summed E-state index contributed by atoms with van der Waals surface area (Å²) in [6.07, 6.45) is 0. The van der Waals surface area contributed by atoms with Crippen molar-refractivity contribution in [3.63, 3.8) is 0 Å². The van der Waals surface area contributed by atoms with Crippen molar-refractivity contribution in [3.8, 4) is 0 Å². The van der Waals surface area contributed by atoms with Crippen LogP contribution in [0.2, 0.25) is 0 Å². The van der Waals surface area contributed by atoms with Gasteiger partial charge < -0.3 is 10.6 Å². The van der Waals surface area contributed by atoms with Crippen LogP contribution in [0.3, 0.4) is 0 Å². The van der Waals surface area contributed by atoms with Crippen LogP contribution in [0, 0.1) is 11.6 Å². The average Bonchev–Trinajstić information content (AvgIpc) is 2.37. The first-order chi connectivity index (χ1) is 8.63. The van der Waals surface area contributed by atoms with Crippen LogP contribution in [-0.2, 0) is 0 Å². The van der Waals surface area contributed by atoms with Gasteiger partial charge in [-0.05, 0) is 31.8 Å². The van der Waals surface area contributed by atoms with E-state index >= 15 is 0 Å². The molecule has 1 fully saturated rings. The normalized spacial score (nSPS) is 23.0. The van der Waals surface area contributed by atoms with E-state index in [2.05, 4.69) is 22.6 Å². The molecule has 0 spiro atoms. The van der Waals surface area contributed by atoms with E-state index in [1.54, 1.807) is 6.07 Å². The fourth-order valence-electron chi connectivity index (χ4n) is 2.49. The quantitative estimate of drug-likeness (QED) is 0.848. The third-order valence-corrected chi connectivity index (χ3v) is 3.56. The zero-order valence-electron chi connectivity index (χ0n) is 10.7. The number of nitrogens with one attached hydrogen (secondary N) is 2. The Kier molecular flexibility index (Phi) is 4.27. The van der Waals surface area contributed by atoms with Gasteiger partial charge in [-0.25, -0.2) is 8.78 Å². The number of likely N-dealkylation sites (N-methyl/N-ethyl adjacent to an activating group) is 2. The van der Waals surface area contributed by atoms with E-state index in [1.807, 2.05) is 7.05 Å². The van der Waals surface area contributed by atoms with Gasteiger partial charge in [0, 0.05) is 31.7 Å². The van der Waals surface area contributed by atoms with Crippen molar-refractivity contribution in [2.75, 3.05) is 33.7 Å². The third kappa shape index (κ3) is 2.68. The topological polar surface area (TPSA) is 27.3 Å². The second-order valence-electron chi connectivity index (χ2n) is 4.69. The van der Waals surface area contributed by atoms with Crippen LogP contribution >= 0.6 is 0 Å². The van der Waals surface area contributed by atoms with Gasteiger partial charge in [0.25, 0.3) is 0 Å². The molecule has 1 aromatic rings. The number of halogens is 2. The van der Waals surface area contributed by atoms with Gasteiger partial charge >= 0.3 is 0 Å². The molecular formula is C13H19F2N3. The molecule has 0 aromatic heterocycles. The molecule has 5 heteroatoms. The number of nitrogens with zero attached hydrogens (tertiary/aromatic N) is 1. The van der Waals surface area contributed by atoms with Crippen LogP contribution in [-0.4, -0.2) is 44.7 Å². The highest BCUT2D eigenvalue weighted by Crippen LogP contribution is 2.22. The van der Waals surface area contributed by atoms with Crippen LogP contribution in [0.4, 0.5) is 8.78 Å². The van der Waals surface area contributed by atoms with E-state index in [9.17, 15) is 8.78 Å². The van der Waals surface area contributed by atoms with Crippen molar-refractivity contribution >= 4 is 0 Å². The molecule has 2 unspecified atom stereocenters. The molecule has 2 rings (SSSR count). The Balaban J connectivity index is 2.23. The SMILES string of the molecule is CNC(c1ccc(F)c(F)c1)C1CNCCN1C. The summed E-state index contributed by atoms with van der Waals surface area (Å²) in [5, 5.41) is 6.52. The largest absolute Gasteiger partial charge is 0.314 e. The maximum atomic E-state index is 13.3. The molecule has 1 aliphatic heterocycles. The Labute approximate surface area is 106 Å². The summed E-state index contributed by atoms with van der Waals surface area (Å²) in [6, 6.07) is 4.32. The zero-order chi connectivity index (χ0) is 13.1.